The number of pyridine rings is 1. The van der Waals surface area contributed by atoms with E-state index in [1.165, 1.54) is 25.0 Å². The molecule has 0 bridgehead atoms. The number of carbonyl (C=O) groups excluding carboxylic acids is 1. The van der Waals surface area contributed by atoms with E-state index in [2.05, 4.69) is 15.0 Å². The standard InChI is InChI=1S/C24H31N3O6S/c28-23(25-15-19-7-10-24(26-16-19)33-17-18-5-6-18)4-2-1-3-11-27-34(29,30)20-8-9-21-22(14-20)32-13-12-31-21/h7-10,14,16,18,27H,1-6,11-13,15,17H2,(H,25,28). The van der Waals surface area contributed by atoms with Crippen LogP contribution in [0.1, 0.15) is 44.1 Å². The summed E-state index contributed by atoms with van der Waals surface area (Å²) < 4.78 is 44.0. The molecule has 1 saturated carbocycles. The Hall–Kier alpha value is -2.85. The lowest BCUT2D eigenvalue weighted by Gasteiger charge is -2.18. The van der Waals surface area contributed by atoms with E-state index in [4.69, 9.17) is 14.2 Å². The fraction of sp³-hybridized carbons (Fsp3) is 0.500. The van der Waals surface area contributed by atoms with Crippen molar-refractivity contribution in [2.45, 2.75) is 50.0 Å². The van der Waals surface area contributed by atoms with Crippen molar-refractivity contribution < 1.29 is 27.4 Å². The summed E-state index contributed by atoms with van der Waals surface area (Å²) in [6, 6.07) is 8.32. The Morgan fingerprint density at radius 1 is 1.06 bits per heavy atom. The van der Waals surface area contributed by atoms with E-state index in [9.17, 15) is 13.2 Å². The molecule has 1 aromatic carbocycles. The average molecular weight is 490 g/mol. The van der Waals surface area contributed by atoms with E-state index in [1.807, 2.05) is 12.1 Å². The largest absolute Gasteiger partial charge is 0.486 e. The van der Waals surface area contributed by atoms with Crippen molar-refractivity contribution in [3.63, 3.8) is 0 Å². The molecule has 1 fully saturated rings. The van der Waals surface area contributed by atoms with Gasteiger partial charge in [0.15, 0.2) is 11.5 Å². The number of rotatable bonds is 13. The smallest absolute Gasteiger partial charge is 0.240 e. The van der Waals surface area contributed by atoms with Gasteiger partial charge in [-0.1, -0.05) is 12.5 Å². The monoisotopic (exact) mass is 489 g/mol. The third kappa shape index (κ3) is 7.33. The number of aromatic nitrogens is 1. The molecule has 2 heterocycles. The maximum absolute atomic E-state index is 12.5. The Kier molecular flexibility index (Phi) is 8.23. The lowest BCUT2D eigenvalue weighted by atomic mass is 10.2. The van der Waals surface area contributed by atoms with Crippen LogP contribution < -0.4 is 24.2 Å². The average Bonchev–Trinajstić information content (AvgIpc) is 3.68. The van der Waals surface area contributed by atoms with Gasteiger partial charge in [0.05, 0.1) is 11.5 Å². The summed E-state index contributed by atoms with van der Waals surface area (Å²) in [5, 5.41) is 2.89. The minimum Gasteiger partial charge on any atom is -0.486 e. The number of amides is 1. The van der Waals surface area contributed by atoms with Crippen molar-refractivity contribution in [1.29, 1.82) is 0 Å². The van der Waals surface area contributed by atoms with Crippen LogP contribution in [0, 0.1) is 5.92 Å². The first kappa shape index (κ1) is 24.3. The Morgan fingerprint density at radius 2 is 1.88 bits per heavy atom. The van der Waals surface area contributed by atoms with Gasteiger partial charge in [-0.2, -0.15) is 0 Å². The molecule has 34 heavy (non-hydrogen) atoms. The number of nitrogens with zero attached hydrogens (tertiary/aromatic N) is 1. The summed E-state index contributed by atoms with van der Waals surface area (Å²) in [5.41, 5.74) is 0.917. The predicted octanol–water partition coefficient (Wildman–Crippen LogP) is 2.80. The first-order valence-corrected chi connectivity index (χ1v) is 13.2. The second-order valence-corrected chi connectivity index (χ2v) is 10.3. The zero-order chi connectivity index (χ0) is 23.8. The first-order chi connectivity index (χ1) is 16.5. The topological polar surface area (TPSA) is 116 Å². The number of benzene rings is 1. The summed E-state index contributed by atoms with van der Waals surface area (Å²) in [6.07, 6.45) is 6.65. The molecule has 4 rings (SSSR count). The van der Waals surface area contributed by atoms with Gasteiger partial charge in [-0.05, 0) is 49.3 Å². The number of hydrogen-bond acceptors (Lipinski definition) is 7. The van der Waals surface area contributed by atoms with Crippen LogP contribution >= 0.6 is 0 Å². The van der Waals surface area contributed by atoms with E-state index >= 15 is 0 Å². The number of carbonyl (C=O) groups is 1. The van der Waals surface area contributed by atoms with Gasteiger partial charge in [-0.15, -0.1) is 0 Å². The van der Waals surface area contributed by atoms with Crippen LogP contribution in [0.4, 0.5) is 0 Å². The Balaban J connectivity index is 1.08. The minimum absolute atomic E-state index is 0.0362. The lowest BCUT2D eigenvalue weighted by molar-refractivity contribution is -0.121. The molecule has 2 N–H and O–H groups in total. The van der Waals surface area contributed by atoms with Gasteiger partial charge in [-0.25, -0.2) is 18.1 Å². The van der Waals surface area contributed by atoms with Crippen molar-refractivity contribution in [2.75, 3.05) is 26.4 Å². The second-order valence-electron chi connectivity index (χ2n) is 8.55. The van der Waals surface area contributed by atoms with Gasteiger partial charge in [-0.3, -0.25) is 4.79 Å². The molecule has 184 valence electrons. The number of hydrogen-bond donors (Lipinski definition) is 2. The number of fused-ring (bicyclic) bond motifs is 1. The third-order valence-electron chi connectivity index (χ3n) is 5.65. The fourth-order valence-electron chi connectivity index (χ4n) is 3.45. The van der Waals surface area contributed by atoms with E-state index < -0.39 is 10.0 Å². The van der Waals surface area contributed by atoms with Crippen LogP contribution in [0.15, 0.2) is 41.4 Å². The first-order valence-electron chi connectivity index (χ1n) is 11.7. The molecule has 9 nitrogen and oxygen atoms in total. The molecule has 2 aromatic rings. The van der Waals surface area contributed by atoms with Gasteiger partial charge in [0, 0.05) is 37.8 Å². The molecule has 0 unspecified atom stereocenters. The Bertz CT molecular complexity index is 1070. The highest BCUT2D eigenvalue weighted by Crippen LogP contribution is 2.32. The van der Waals surface area contributed by atoms with Crippen LogP contribution in [0.3, 0.4) is 0 Å². The number of nitrogens with one attached hydrogen (secondary N) is 2. The zero-order valence-electron chi connectivity index (χ0n) is 19.1. The van der Waals surface area contributed by atoms with E-state index in [-0.39, 0.29) is 10.8 Å². The highest BCUT2D eigenvalue weighted by molar-refractivity contribution is 7.89. The molecule has 2 aliphatic rings. The molecule has 0 atom stereocenters. The molecule has 1 amide bonds. The van der Waals surface area contributed by atoms with Crippen molar-refractivity contribution in [3.8, 4) is 17.4 Å². The van der Waals surface area contributed by atoms with Crippen molar-refractivity contribution in [2.24, 2.45) is 5.92 Å². The summed E-state index contributed by atoms with van der Waals surface area (Å²) in [5.74, 6) is 2.25. The summed E-state index contributed by atoms with van der Waals surface area (Å²) in [6.45, 7) is 2.30. The van der Waals surface area contributed by atoms with Crippen LogP contribution in [-0.4, -0.2) is 45.7 Å². The molecule has 0 saturated heterocycles. The van der Waals surface area contributed by atoms with Crippen molar-refractivity contribution in [3.05, 3.63) is 42.1 Å². The maximum Gasteiger partial charge on any atom is 0.240 e. The lowest BCUT2D eigenvalue weighted by Crippen LogP contribution is -2.25. The van der Waals surface area contributed by atoms with E-state index in [1.54, 1.807) is 12.3 Å². The predicted molar refractivity (Wildman–Crippen MR) is 125 cm³/mol. The normalized spacial score (nSPS) is 15.1. The molecule has 1 aliphatic heterocycles. The number of sulfonamides is 1. The van der Waals surface area contributed by atoms with Crippen LogP contribution in [0.25, 0.3) is 0 Å². The van der Waals surface area contributed by atoms with E-state index in [0.717, 1.165) is 18.6 Å². The second kappa shape index (κ2) is 11.5. The van der Waals surface area contributed by atoms with Crippen molar-refractivity contribution >= 4 is 15.9 Å². The van der Waals surface area contributed by atoms with Gasteiger partial charge in [0.1, 0.15) is 13.2 Å². The van der Waals surface area contributed by atoms with Crippen LogP contribution in [-0.2, 0) is 21.4 Å². The SMILES string of the molecule is O=C(CCCCCNS(=O)(=O)c1ccc2c(c1)OCCO2)NCc1ccc(OCC2CC2)nc1. The van der Waals surface area contributed by atoms with Crippen molar-refractivity contribution in [1.82, 2.24) is 15.0 Å². The third-order valence-corrected chi connectivity index (χ3v) is 7.11. The molecule has 10 heteroatoms. The van der Waals surface area contributed by atoms with Gasteiger partial charge < -0.3 is 19.5 Å². The summed E-state index contributed by atoms with van der Waals surface area (Å²) in [7, 11) is -3.62. The Morgan fingerprint density at radius 3 is 2.65 bits per heavy atom. The van der Waals surface area contributed by atoms with Gasteiger partial charge >= 0.3 is 0 Å². The maximum atomic E-state index is 12.5. The molecule has 0 spiro atoms. The van der Waals surface area contributed by atoms with Crippen LogP contribution in [0.5, 0.6) is 17.4 Å². The van der Waals surface area contributed by atoms with Gasteiger partial charge in [0.25, 0.3) is 0 Å². The van der Waals surface area contributed by atoms with Crippen LogP contribution in [0.2, 0.25) is 0 Å². The number of unbranched alkanes of at least 4 members (excludes halogenated alkanes) is 2. The molecule has 0 radical (unpaired) electrons. The fourth-order valence-corrected chi connectivity index (χ4v) is 4.53. The van der Waals surface area contributed by atoms with E-state index in [0.29, 0.717) is 68.9 Å². The zero-order valence-corrected chi connectivity index (χ0v) is 19.9. The highest BCUT2D eigenvalue weighted by Gasteiger charge is 2.22. The molecule has 1 aromatic heterocycles. The minimum atomic E-state index is -3.62. The molecular formula is C24H31N3O6S. The van der Waals surface area contributed by atoms with Gasteiger partial charge in [0.2, 0.25) is 21.8 Å². The Labute approximate surface area is 200 Å². The summed E-state index contributed by atoms with van der Waals surface area (Å²) >= 11 is 0. The number of ether oxygens (including phenoxy) is 3. The highest BCUT2D eigenvalue weighted by atomic mass is 32.2. The summed E-state index contributed by atoms with van der Waals surface area (Å²) in [4.78, 5) is 16.5. The quantitative estimate of drug-likeness (QED) is 0.416. The molecular weight excluding hydrogens is 458 g/mol. The molecule has 1 aliphatic carbocycles.